The summed E-state index contributed by atoms with van der Waals surface area (Å²) in [4.78, 5) is 6.29. The van der Waals surface area contributed by atoms with Gasteiger partial charge in [0.2, 0.25) is 0 Å². The Hall–Kier alpha value is -1.67. The van der Waals surface area contributed by atoms with Crippen molar-refractivity contribution >= 4 is 29.9 Å². The number of benzene rings is 2. The van der Waals surface area contributed by atoms with Gasteiger partial charge in [0.1, 0.15) is 5.82 Å². The number of hydrogen-bond acceptors (Lipinski definition) is 2. The molecular formula is C19H25FIN3O. The molecule has 1 atom stereocenters. The fraction of sp³-hybridized carbons (Fsp3) is 0.316. The average Bonchev–Trinajstić information content (AvgIpc) is 2.61. The van der Waals surface area contributed by atoms with Crippen LogP contribution in [0.15, 0.2) is 59.6 Å². The Morgan fingerprint density at radius 3 is 2.36 bits per heavy atom. The Balaban J connectivity index is 0.00000312. The second-order valence-electron chi connectivity index (χ2n) is 5.55. The molecule has 4 nitrogen and oxygen atoms in total. The first-order chi connectivity index (χ1) is 11.6. The molecule has 0 aliphatic rings. The summed E-state index contributed by atoms with van der Waals surface area (Å²) >= 11 is 0. The van der Waals surface area contributed by atoms with E-state index in [-0.39, 0.29) is 35.9 Å². The van der Waals surface area contributed by atoms with Crippen LogP contribution in [-0.4, -0.2) is 38.6 Å². The predicted octanol–water partition coefficient (Wildman–Crippen LogP) is 3.84. The number of guanidine groups is 1. The zero-order valence-electron chi connectivity index (χ0n) is 14.8. The van der Waals surface area contributed by atoms with Crippen LogP contribution in [0.25, 0.3) is 0 Å². The fourth-order valence-electron chi connectivity index (χ4n) is 2.51. The van der Waals surface area contributed by atoms with Gasteiger partial charge in [0.25, 0.3) is 0 Å². The molecule has 2 rings (SSSR count). The van der Waals surface area contributed by atoms with Gasteiger partial charge in [-0.15, -0.1) is 24.0 Å². The SMILES string of the molecule is CN=C(NCC(OC)c1ccccc1)N(C)Cc1ccc(F)cc1.I. The van der Waals surface area contributed by atoms with Crippen LogP contribution in [0.2, 0.25) is 0 Å². The third-order valence-corrected chi connectivity index (χ3v) is 3.81. The lowest BCUT2D eigenvalue weighted by Gasteiger charge is -2.24. The molecule has 0 saturated heterocycles. The van der Waals surface area contributed by atoms with Crippen LogP contribution in [0.3, 0.4) is 0 Å². The third kappa shape index (κ3) is 6.62. The van der Waals surface area contributed by atoms with E-state index in [1.165, 1.54) is 12.1 Å². The average molecular weight is 457 g/mol. The molecule has 0 saturated carbocycles. The van der Waals surface area contributed by atoms with E-state index in [1.54, 1.807) is 26.3 Å². The van der Waals surface area contributed by atoms with Gasteiger partial charge in [-0.1, -0.05) is 42.5 Å². The second kappa shape index (κ2) is 11.0. The maximum Gasteiger partial charge on any atom is 0.193 e. The minimum atomic E-state index is -0.227. The van der Waals surface area contributed by atoms with Crippen LogP contribution < -0.4 is 5.32 Å². The number of halogens is 2. The first-order valence-electron chi connectivity index (χ1n) is 7.88. The highest BCUT2D eigenvalue weighted by Gasteiger charge is 2.13. The molecule has 1 unspecified atom stereocenters. The molecule has 136 valence electrons. The van der Waals surface area contributed by atoms with Crippen LogP contribution in [0.1, 0.15) is 17.2 Å². The summed E-state index contributed by atoms with van der Waals surface area (Å²) in [5.41, 5.74) is 2.14. The number of nitrogens with zero attached hydrogens (tertiary/aromatic N) is 2. The van der Waals surface area contributed by atoms with Gasteiger partial charge in [-0.05, 0) is 23.3 Å². The summed E-state index contributed by atoms with van der Waals surface area (Å²) in [6.45, 7) is 1.25. The molecule has 0 radical (unpaired) electrons. The van der Waals surface area contributed by atoms with Crippen molar-refractivity contribution in [3.63, 3.8) is 0 Å². The Bertz CT molecular complexity index is 649. The van der Waals surface area contributed by atoms with Gasteiger partial charge in [0, 0.05) is 34.3 Å². The number of ether oxygens (including phenoxy) is 1. The van der Waals surface area contributed by atoms with Crippen molar-refractivity contribution < 1.29 is 9.13 Å². The molecule has 6 heteroatoms. The molecule has 0 bridgehead atoms. The predicted molar refractivity (Wildman–Crippen MR) is 111 cm³/mol. The van der Waals surface area contributed by atoms with Gasteiger partial charge in [-0.3, -0.25) is 4.99 Å². The lowest BCUT2D eigenvalue weighted by molar-refractivity contribution is 0.106. The second-order valence-corrected chi connectivity index (χ2v) is 5.55. The molecule has 2 aromatic carbocycles. The summed E-state index contributed by atoms with van der Waals surface area (Å²) in [6, 6.07) is 16.6. The van der Waals surface area contributed by atoms with Crippen molar-refractivity contribution in [1.29, 1.82) is 0 Å². The standard InChI is InChI=1S/C19H24FN3O.HI/c1-21-19(23(2)14-15-9-11-17(20)12-10-15)22-13-18(24-3)16-7-5-4-6-8-16;/h4-12,18H,13-14H2,1-3H3,(H,21,22);1H. The van der Waals surface area contributed by atoms with E-state index in [2.05, 4.69) is 10.3 Å². The van der Waals surface area contributed by atoms with Crippen molar-refractivity contribution in [3.05, 3.63) is 71.5 Å². The highest BCUT2D eigenvalue weighted by atomic mass is 127. The molecular weight excluding hydrogens is 432 g/mol. The summed E-state index contributed by atoms with van der Waals surface area (Å²) in [7, 11) is 5.39. The van der Waals surface area contributed by atoms with Crippen LogP contribution in [-0.2, 0) is 11.3 Å². The fourth-order valence-corrected chi connectivity index (χ4v) is 2.51. The van der Waals surface area contributed by atoms with Crippen LogP contribution >= 0.6 is 24.0 Å². The molecule has 0 aromatic heterocycles. The topological polar surface area (TPSA) is 36.9 Å². The van der Waals surface area contributed by atoms with E-state index in [4.69, 9.17) is 4.74 Å². The number of methoxy groups -OCH3 is 1. The van der Waals surface area contributed by atoms with Crippen molar-refractivity contribution in [3.8, 4) is 0 Å². The monoisotopic (exact) mass is 457 g/mol. The van der Waals surface area contributed by atoms with E-state index >= 15 is 0 Å². The number of aliphatic imine (C=N–C) groups is 1. The van der Waals surface area contributed by atoms with Crippen molar-refractivity contribution in [2.75, 3.05) is 27.7 Å². The first-order valence-corrected chi connectivity index (χ1v) is 7.88. The molecule has 0 heterocycles. The Labute approximate surface area is 166 Å². The maximum atomic E-state index is 13.0. The van der Waals surface area contributed by atoms with Gasteiger partial charge < -0.3 is 15.0 Å². The first kappa shape index (κ1) is 21.4. The van der Waals surface area contributed by atoms with Gasteiger partial charge in [0.15, 0.2) is 5.96 Å². The third-order valence-electron chi connectivity index (χ3n) is 3.81. The van der Waals surface area contributed by atoms with Crippen LogP contribution in [0.5, 0.6) is 0 Å². The summed E-state index contributed by atoms with van der Waals surface area (Å²) in [5, 5.41) is 3.33. The zero-order valence-corrected chi connectivity index (χ0v) is 17.1. The molecule has 25 heavy (non-hydrogen) atoms. The number of rotatable bonds is 6. The van der Waals surface area contributed by atoms with Crippen molar-refractivity contribution in [2.24, 2.45) is 4.99 Å². The molecule has 0 spiro atoms. The van der Waals surface area contributed by atoms with E-state index in [0.717, 1.165) is 17.1 Å². The Morgan fingerprint density at radius 2 is 1.80 bits per heavy atom. The quantitative estimate of drug-likeness (QED) is 0.407. The minimum absolute atomic E-state index is 0. The van der Waals surface area contributed by atoms with Gasteiger partial charge in [-0.2, -0.15) is 0 Å². The summed E-state index contributed by atoms with van der Waals surface area (Å²) in [5.74, 6) is 0.534. The van der Waals surface area contributed by atoms with Crippen LogP contribution in [0, 0.1) is 5.82 Å². The van der Waals surface area contributed by atoms with Crippen LogP contribution in [0.4, 0.5) is 4.39 Å². The molecule has 0 aliphatic carbocycles. The molecule has 0 aliphatic heterocycles. The molecule has 1 N–H and O–H groups in total. The summed E-state index contributed by atoms with van der Waals surface area (Å²) in [6.07, 6.45) is -0.0535. The zero-order chi connectivity index (χ0) is 17.4. The lowest BCUT2D eigenvalue weighted by Crippen LogP contribution is -2.40. The summed E-state index contributed by atoms with van der Waals surface area (Å²) < 4.78 is 18.6. The number of nitrogens with one attached hydrogen (secondary N) is 1. The minimum Gasteiger partial charge on any atom is -0.375 e. The van der Waals surface area contributed by atoms with E-state index in [1.807, 2.05) is 42.3 Å². The van der Waals surface area contributed by atoms with Gasteiger partial charge in [0.05, 0.1) is 6.10 Å². The van der Waals surface area contributed by atoms with Gasteiger partial charge in [-0.25, -0.2) is 4.39 Å². The van der Waals surface area contributed by atoms with Gasteiger partial charge >= 0.3 is 0 Å². The van der Waals surface area contributed by atoms with Crippen molar-refractivity contribution in [2.45, 2.75) is 12.6 Å². The van der Waals surface area contributed by atoms with E-state index in [0.29, 0.717) is 13.1 Å². The normalized spacial score (nSPS) is 12.2. The molecule has 0 fully saturated rings. The lowest BCUT2D eigenvalue weighted by atomic mass is 10.1. The largest absolute Gasteiger partial charge is 0.375 e. The molecule has 0 amide bonds. The van der Waals surface area contributed by atoms with E-state index in [9.17, 15) is 4.39 Å². The van der Waals surface area contributed by atoms with E-state index < -0.39 is 0 Å². The Morgan fingerprint density at radius 1 is 1.16 bits per heavy atom. The maximum absolute atomic E-state index is 13.0. The smallest absolute Gasteiger partial charge is 0.193 e. The Kier molecular flexibility index (Phi) is 9.44. The number of hydrogen-bond donors (Lipinski definition) is 1. The highest BCUT2D eigenvalue weighted by Crippen LogP contribution is 2.15. The highest BCUT2D eigenvalue weighted by molar-refractivity contribution is 14.0. The van der Waals surface area contributed by atoms with Crippen molar-refractivity contribution in [1.82, 2.24) is 10.2 Å². The molecule has 2 aromatic rings.